The molecule has 1 saturated carbocycles. The Hall–Kier alpha value is -3.92. The number of likely N-dealkylation sites (tertiary alicyclic amines) is 1. The van der Waals surface area contributed by atoms with E-state index in [0.29, 0.717) is 47.9 Å². The van der Waals surface area contributed by atoms with E-state index in [1.54, 1.807) is 24.3 Å². The number of amides is 1. The van der Waals surface area contributed by atoms with Gasteiger partial charge >= 0.3 is 0 Å². The van der Waals surface area contributed by atoms with Gasteiger partial charge in [-0.1, -0.05) is 41.9 Å². The van der Waals surface area contributed by atoms with Crippen molar-refractivity contribution >= 4 is 34.2 Å². The number of rotatable bonds is 9. The summed E-state index contributed by atoms with van der Waals surface area (Å²) >= 11 is 6.43. The van der Waals surface area contributed by atoms with Crippen LogP contribution in [-0.4, -0.2) is 70.4 Å². The van der Waals surface area contributed by atoms with Crippen molar-refractivity contribution in [3.63, 3.8) is 0 Å². The van der Waals surface area contributed by atoms with Crippen LogP contribution in [0.5, 0.6) is 11.5 Å². The summed E-state index contributed by atoms with van der Waals surface area (Å²) in [6.45, 7) is 2.90. The van der Waals surface area contributed by atoms with Gasteiger partial charge in [-0.05, 0) is 79.7 Å². The number of ketones is 1. The Labute approximate surface area is 254 Å². The lowest BCUT2D eigenvalue weighted by atomic mass is 9.99. The smallest absolute Gasteiger partial charge is 0.292 e. The Bertz CT molecular complexity index is 1680. The number of Topliss-reactive ketones (excluding diaryl/α,β-unsaturated/α-hetero) is 1. The van der Waals surface area contributed by atoms with Crippen LogP contribution in [0.15, 0.2) is 60.8 Å². The minimum absolute atomic E-state index is 0.278. The van der Waals surface area contributed by atoms with E-state index in [4.69, 9.17) is 21.1 Å². The third-order valence-corrected chi connectivity index (χ3v) is 8.77. The number of aliphatic hydroxyl groups is 1. The van der Waals surface area contributed by atoms with E-state index < -0.39 is 23.8 Å². The summed E-state index contributed by atoms with van der Waals surface area (Å²) in [6.07, 6.45) is 5.22. The van der Waals surface area contributed by atoms with Crippen molar-refractivity contribution in [3.8, 4) is 22.6 Å². The molecular formula is C33H33ClN4O5. The fourth-order valence-electron chi connectivity index (χ4n) is 6.02. The fourth-order valence-corrected chi connectivity index (χ4v) is 6.30. The monoisotopic (exact) mass is 600 g/mol. The number of hydrogen-bond donors (Lipinski definition) is 2. The van der Waals surface area contributed by atoms with E-state index in [1.165, 1.54) is 12.8 Å². The molecule has 3 heterocycles. The first-order chi connectivity index (χ1) is 20.9. The summed E-state index contributed by atoms with van der Waals surface area (Å²) in [6, 6.07) is 16.3. The Kier molecular flexibility index (Phi) is 7.55. The van der Waals surface area contributed by atoms with Gasteiger partial charge in [-0.3, -0.25) is 14.3 Å². The number of benzene rings is 3. The second-order valence-corrected chi connectivity index (χ2v) is 12.0. The molecule has 2 unspecified atom stereocenters. The summed E-state index contributed by atoms with van der Waals surface area (Å²) in [4.78, 5) is 28.7. The number of halogens is 1. The Morgan fingerprint density at radius 2 is 1.74 bits per heavy atom. The van der Waals surface area contributed by atoms with Gasteiger partial charge in [0.25, 0.3) is 5.91 Å². The first kappa shape index (κ1) is 27.9. The second-order valence-electron chi connectivity index (χ2n) is 11.6. The van der Waals surface area contributed by atoms with Crippen molar-refractivity contribution in [2.45, 2.75) is 43.9 Å². The molecule has 0 spiro atoms. The van der Waals surface area contributed by atoms with Gasteiger partial charge in [-0.25, -0.2) is 0 Å². The van der Waals surface area contributed by atoms with E-state index in [1.807, 2.05) is 18.3 Å². The van der Waals surface area contributed by atoms with Crippen LogP contribution in [0, 0.1) is 0 Å². The maximum atomic E-state index is 13.3. The number of nitrogens with one attached hydrogen (secondary N) is 1. The van der Waals surface area contributed by atoms with Gasteiger partial charge in [0.1, 0.15) is 19.3 Å². The molecule has 9 nitrogen and oxygen atoms in total. The lowest BCUT2D eigenvalue weighted by Crippen LogP contribution is -2.48. The molecule has 2 aliphatic heterocycles. The van der Waals surface area contributed by atoms with Crippen LogP contribution < -0.4 is 14.8 Å². The highest BCUT2D eigenvalue weighted by Crippen LogP contribution is 2.40. The number of hydrogen-bond acceptors (Lipinski definition) is 7. The van der Waals surface area contributed by atoms with Crippen molar-refractivity contribution < 1.29 is 24.2 Å². The van der Waals surface area contributed by atoms with E-state index in [9.17, 15) is 14.7 Å². The van der Waals surface area contributed by atoms with Crippen molar-refractivity contribution in [2.75, 3.05) is 32.8 Å². The molecule has 2 N–H and O–H groups in total. The molecule has 43 heavy (non-hydrogen) atoms. The van der Waals surface area contributed by atoms with Gasteiger partial charge in [0.15, 0.2) is 11.5 Å². The summed E-state index contributed by atoms with van der Waals surface area (Å²) in [5, 5.41) is 20.2. The highest BCUT2D eigenvalue weighted by atomic mass is 35.5. The molecule has 4 aromatic rings. The molecule has 2 atom stereocenters. The molecule has 1 amide bonds. The van der Waals surface area contributed by atoms with Crippen LogP contribution in [0.3, 0.4) is 0 Å². The minimum Gasteiger partial charge on any atom is -0.486 e. The summed E-state index contributed by atoms with van der Waals surface area (Å²) in [7, 11) is 0. The quantitative estimate of drug-likeness (QED) is 0.207. The van der Waals surface area contributed by atoms with E-state index in [0.717, 1.165) is 48.0 Å². The van der Waals surface area contributed by atoms with Gasteiger partial charge in [0.2, 0.25) is 5.78 Å². The van der Waals surface area contributed by atoms with Crippen molar-refractivity contribution in [2.24, 2.45) is 0 Å². The van der Waals surface area contributed by atoms with Gasteiger partial charge in [-0.2, -0.15) is 5.10 Å². The Morgan fingerprint density at radius 3 is 2.51 bits per heavy atom. The van der Waals surface area contributed by atoms with Crippen LogP contribution in [0.4, 0.5) is 0 Å². The molecule has 3 aromatic carbocycles. The average molecular weight is 601 g/mol. The van der Waals surface area contributed by atoms with Crippen molar-refractivity contribution in [3.05, 3.63) is 76.9 Å². The third-order valence-electron chi connectivity index (χ3n) is 8.49. The van der Waals surface area contributed by atoms with Crippen LogP contribution in [0.1, 0.15) is 53.8 Å². The number of nitrogens with zero attached hydrogens (tertiary/aromatic N) is 3. The molecule has 222 valence electrons. The highest BCUT2D eigenvalue weighted by molar-refractivity contribution is 6.42. The number of aliphatic hydroxyl groups excluding tert-OH is 1. The van der Waals surface area contributed by atoms with E-state index in [2.05, 4.69) is 38.2 Å². The fraction of sp³-hybridized carbons (Fsp3) is 0.364. The summed E-state index contributed by atoms with van der Waals surface area (Å²) < 4.78 is 13.4. The van der Waals surface area contributed by atoms with Crippen LogP contribution >= 0.6 is 11.6 Å². The lowest BCUT2D eigenvalue weighted by molar-refractivity contribution is -0.118. The first-order valence-electron chi connectivity index (χ1n) is 14.9. The molecule has 0 bridgehead atoms. The number of ether oxygens (including phenoxy) is 2. The molecule has 1 aliphatic carbocycles. The third kappa shape index (κ3) is 5.72. The second kappa shape index (κ2) is 11.6. The molecule has 3 aliphatic rings. The number of aromatic nitrogens is 2. The minimum atomic E-state index is -1.12. The van der Waals surface area contributed by atoms with Crippen LogP contribution in [0.25, 0.3) is 22.0 Å². The number of carbonyl (C=O) groups is 2. The standard InChI is InChI=1S/C33H33ClN4O5/c34-26-16-23(17-29-32(26)43-14-13-42-29)30(39)27(19-37-11-1-2-12-37)36-33(41)31(40)21-5-3-20(4-6-21)22-7-10-28-24(15-22)18-35-38(28)25-8-9-25/h3-7,10,15-18,25,27,30,39H,1-2,8-9,11-14,19H2,(H,36,41). The molecule has 1 aromatic heterocycles. The van der Waals surface area contributed by atoms with Crippen molar-refractivity contribution in [1.82, 2.24) is 20.0 Å². The number of carbonyl (C=O) groups excluding carboxylic acids is 2. The first-order valence-corrected chi connectivity index (χ1v) is 15.2. The molecule has 10 heteroatoms. The van der Waals surface area contributed by atoms with Gasteiger partial charge in [-0.15, -0.1) is 0 Å². The summed E-state index contributed by atoms with van der Waals surface area (Å²) in [5.74, 6) is -0.540. The largest absolute Gasteiger partial charge is 0.486 e. The highest BCUT2D eigenvalue weighted by Gasteiger charge is 2.31. The zero-order valence-electron chi connectivity index (χ0n) is 23.7. The summed E-state index contributed by atoms with van der Waals surface area (Å²) in [5.41, 5.74) is 3.84. The van der Waals surface area contributed by atoms with Gasteiger partial charge in [0, 0.05) is 17.5 Å². The van der Waals surface area contributed by atoms with Gasteiger partial charge in [0.05, 0.1) is 28.8 Å². The molecule has 0 radical (unpaired) electrons. The Morgan fingerprint density at radius 1 is 1.00 bits per heavy atom. The van der Waals surface area contributed by atoms with E-state index >= 15 is 0 Å². The van der Waals surface area contributed by atoms with E-state index in [-0.39, 0.29) is 5.56 Å². The lowest BCUT2D eigenvalue weighted by Gasteiger charge is -2.29. The zero-order valence-corrected chi connectivity index (χ0v) is 24.4. The maximum absolute atomic E-state index is 13.3. The molecule has 2 fully saturated rings. The molecule has 1 saturated heterocycles. The average Bonchev–Trinajstić information content (AvgIpc) is 3.57. The van der Waals surface area contributed by atoms with Gasteiger partial charge < -0.3 is 24.8 Å². The normalized spacial score (nSPS) is 18.0. The predicted molar refractivity (Wildman–Crippen MR) is 163 cm³/mol. The predicted octanol–water partition coefficient (Wildman–Crippen LogP) is 4.96. The Balaban J connectivity index is 1.07. The van der Waals surface area contributed by atoms with Crippen LogP contribution in [0.2, 0.25) is 5.02 Å². The van der Waals surface area contributed by atoms with Crippen molar-refractivity contribution in [1.29, 1.82) is 0 Å². The van der Waals surface area contributed by atoms with Crippen LogP contribution in [-0.2, 0) is 4.79 Å². The SMILES string of the molecule is O=C(NC(CN1CCCC1)C(O)c1cc(Cl)c2c(c1)OCCO2)C(=O)c1ccc(-c2ccc3c(cnn3C3CC3)c2)cc1. The molecular weight excluding hydrogens is 568 g/mol. The maximum Gasteiger partial charge on any atom is 0.292 e. The topological polar surface area (TPSA) is 106 Å². The zero-order chi connectivity index (χ0) is 29.5. The number of fused-ring (bicyclic) bond motifs is 2. The molecule has 7 rings (SSSR count).